The largest absolute Gasteiger partial charge is 0.406 e. The summed E-state index contributed by atoms with van der Waals surface area (Å²) in [6.07, 6.45) is 0.848. The maximum Gasteiger partial charge on any atom is 0.315 e. The topological polar surface area (TPSA) is 77.0 Å². The second kappa shape index (κ2) is 5.59. The van der Waals surface area contributed by atoms with Crippen molar-refractivity contribution >= 4 is 17.6 Å². The number of nitrogens with one attached hydrogen (secondary N) is 1. The zero-order valence-corrected chi connectivity index (χ0v) is 11.7. The summed E-state index contributed by atoms with van der Waals surface area (Å²) < 4.78 is 5.43. The van der Waals surface area contributed by atoms with Crippen LogP contribution in [0.1, 0.15) is 25.3 Å². The molecule has 5 nitrogen and oxygen atoms in total. The molecule has 2 aromatic rings. The lowest BCUT2D eigenvalue weighted by atomic mass is 10.1. The zero-order valence-electron chi connectivity index (χ0n) is 11.0. The van der Waals surface area contributed by atoms with Crippen LogP contribution in [0.5, 0.6) is 0 Å². The van der Waals surface area contributed by atoms with Crippen molar-refractivity contribution in [2.24, 2.45) is 5.73 Å². The van der Waals surface area contributed by atoms with Gasteiger partial charge in [0.15, 0.2) is 0 Å². The Morgan fingerprint density at radius 3 is 2.53 bits per heavy atom. The van der Waals surface area contributed by atoms with Crippen molar-refractivity contribution in [3.8, 4) is 0 Å². The normalized spacial score (nSPS) is 11.6. The third-order valence-electron chi connectivity index (χ3n) is 2.58. The Labute approximate surface area is 117 Å². The van der Waals surface area contributed by atoms with E-state index >= 15 is 0 Å². The second-order valence-electron chi connectivity index (χ2n) is 4.94. The van der Waals surface area contributed by atoms with Crippen LogP contribution in [0.25, 0.3) is 0 Å². The van der Waals surface area contributed by atoms with Crippen LogP contribution >= 0.6 is 11.6 Å². The van der Waals surface area contributed by atoms with Gasteiger partial charge in [0.1, 0.15) is 0 Å². The number of benzene rings is 1. The summed E-state index contributed by atoms with van der Waals surface area (Å²) in [6, 6.07) is 8.12. The molecule has 6 heteroatoms. The van der Waals surface area contributed by atoms with E-state index in [2.05, 4.69) is 15.5 Å². The molecule has 0 unspecified atom stereocenters. The second-order valence-corrected chi connectivity index (χ2v) is 5.37. The number of aromatic nitrogens is 2. The monoisotopic (exact) mass is 280 g/mol. The number of rotatable bonds is 5. The van der Waals surface area contributed by atoms with Crippen molar-refractivity contribution < 1.29 is 4.42 Å². The first kappa shape index (κ1) is 13.8. The predicted octanol–water partition coefficient (Wildman–Crippen LogP) is 2.57. The van der Waals surface area contributed by atoms with Crippen LogP contribution in [-0.4, -0.2) is 16.7 Å². The number of nitrogens with two attached hydrogens (primary N) is 1. The number of hydrogen-bond acceptors (Lipinski definition) is 5. The van der Waals surface area contributed by atoms with Crippen molar-refractivity contribution in [1.29, 1.82) is 0 Å². The highest BCUT2D eigenvalue weighted by Crippen LogP contribution is 2.17. The van der Waals surface area contributed by atoms with Gasteiger partial charge >= 0.3 is 6.01 Å². The molecule has 2 rings (SSSR count). The molecule has 0 saturated carbocycles. The summed E-state index contributed by atoms with van der Waals surface area (Å²) in [5.74, 6) is 0.418. The van der Waals surface area contributed by atoms with Crippen LogP contribution in [0.15, 0.2) is 28.7 Å². The fraction of sp³-hybridized carbons (Fsp3) is 0.385. The van der Waals surface area contributed by atoms with E-state index in [1.54, 1.807) is 0 Å². The van der Waals surface area contributed by atoms with Crippen LogP contribution in [0, 0.1) is 0 Å². The summed E-state index contributed by atoms with van der Waals surface area (Å²) in [5, 5.41) is 11.6. The molecule has 0 amide bonds. The number of anilines is 1. The van der Waals surface area contributed by atoms with Crippen LogP contribution in [0.3, 0.4) is 0 Å². The first-order valence-corrected chi connectivity index (χ1v) is 6.44. The van der Waals surface area contributed by atoms with Crippen molar-refractivity contribution in [2.75, 3.05) is 11.9 Å². The van der Waals surface area contributed by atoms with Crippen LogP contribution in [0.4, 0.5) is 6.01 Å². The van der Waals surface area contributed by atoms with Gasteiger partial charge in [0.25, 0.3) is 0 Å². The molecule has 1 aromatic carbocycles. The average molecular weight is 281 g/mol. The smallest absolute Gasteiger partial charge is 0.315 e. The molecule has 19 heavy (non-hydrogen) atoms. The molecule has 0 bridgehead atoms. The van der Waals surface area contributed by atoms with Crippen molar-refractivity contribution in [3.63, 3.8) is 0 Å². The molecule has 0 aliphatic heterocycles. The molecule has 0 radical (unpaired) electrons. The predicted molar refractivity (Wildman–Crippen MR) is 75.2 cm³/mol. The first-order chi connectivity index (χ1) is 8.95. The molecule has 1 heterocycles. The van der Waals surface area contributed by atoms with Gasteiger partial charge in [0, 0.05) is 11.6 Å². The highest BCUT2D eigenvalue weighted by Gasteiger charge is 2.21. The van der Waals surface area contributed by atoms with Crippen molar-refractivity contribution in [2.45, 2.75) is 25.8 Å². The highest BCUT2D eigenvalue weighted by atomic mass is 35.5. The summed E-state index contributed by atoms with van der Waals surface area (Å²) in [7, 11) is 0. The highest BCUT2D eigenvalue weighted by molar-refractivity contribution is 6.30. The zero-order chi connectivity index (χ0) is 13.9. The van der Waals surface area contributed by atoms with Crippen molar-refractivity contribution in [1.82, 2.24) is 10.2 Å². The Bertz CT molecular complexity index is 530. The fourth-order valence-electron chi connectivity index (χ4n) is 1.52. The first-order valence-electron chi connectivity index (χ1n) is 6.06. The van der Waals surface area contributed by atoms with E-state index in [0.29, 0.717) is 18.5 Å². The maximum atomic E-state index is 5.87. The minimum absolute atomic E-state index is 0.391. The summed E-state index contributed by atoms with van der Waals surface area (Å²) in [4.78, 5) is 0. The molecule has 0 spiro atoms. The standard InChI is InChI=1S/C13H17ClN4O/c1-13(2,15)11-17-18-12(19-11)16-8-7-9-3-5-10(14)6-4-9/h3-6H,7-8,15H2,1-2H3,(H,16,18). The van der Waals surface area contributed by atoms with Gasteiger partial charge in [0.05, 0.1) is 5.54 Å². The summed E-state index contributed by atoms with van der Waals surface area (Å²) in [5.41, 5.74) is 6.44. The molecule has 1 aromatic heterocycles. The van der Waals surface area contributed by atoms with E-state index in [0.717, 1.165) is 11.4 Å². The Morgan fingerprint density at radius 2 is 1.95 bits per heavy atom. The summed E-state index contributed by atoms with van der Waals surface area (Å²) >= 11 is 5.83. The van der Waals surface area contributed by atoms with Gasteiger partial charge in [0.2, 0.25) is 5.89 Å². The minimum Gasteiger partial charge on any atom is -0.406 e. The lowest BCUT2D eigenvalue weighted by Gasteiger charge is -2.11. The van der Waals surface area contributed by atoms with E-state index in [4.69, 9.17) is 21.8 Å². The Morgan fingerprint density at radius 1 is 1.26 bits per heavy atom. The third kappa shape index (κ3) is 3.94. The molecule has 0 aliphatic carbocycles. The van der Waals surface area contributed by atoms with Crippen LogP contribution in [-0.2, 0) is 12.0 Å². The maximum absolute atomic E-state index is 5.87. The number of halogens is 1. The number of hydrogen-bond donors (Lipinski definition) is 2. The van der Waals surface area contributed by atoms with Crippen molar-refractivity contribution in [3.05, 3.63) is 40.7 Å². The van der Waals surface area contributed by atoms with E-state index in [1.165, 1.54) is 5.56 Å². The Hall–Kier alpha value is -1.59. The Kier molecular flexibility index (Phi) is 4.07. The summed E-state index contributed by atoms with van der Waals surface area (Å²) in [6.45, 7) is 4.34. The molecular weight excluding hydrogens is 264 g/mol. The average Bonchev–Trinajstić information content (AvgIpc) is 2.80. The lowest BCUT2D eigenvalue weighted by molar-refractivity contribution is 0.384. The van der Waals surface area contributed by atoms with Gasteiger partial charge in [-0.15, -0.1) is 5.10 Å². The van der Waals surface area contributed by atoms with Gasteiger partial charge < -0.3 is 15.5 Å². The minimum atomic E-state index is -0.622. The fourth-order valence-corrected chi connectivity index (χ4v) is 1.65. The van der Waals surface area contributed by atoms with Crippen LogP contribution in [0.2, 0.25) is 5.02 Å². The number of nitrogens with zero attached hydrogens (tertiary/aromatic N) is 2. The third-order valence-corrected chi connectivity index (χ3v) is 2.83. The SMILES string of the molecule is CC(C)(N)c1nnc(NCCc2ccc(Cl)cc2)o1. The Balaban J connectivity index is 1.86. The molecule has 0 atom stereocenters. The van der Waals surface area contributed by atoms with E-state index in [1.807, 2.05) is 38.1 Å². The van der Waals surface area contributed by atoms with Crippen LogP contribution < -0.4 is 11.1 Å². The van der Waals surface area contributed by atoms with Gasteiger partial charge in [-0.2, -0.15) is 0 Å². The van der Waals surface area contributed by atoms with E-state index < -0.39 is 5.54 Å². The van der Waals surface area contributed by atoms with E-state index in [-0.39, 0.29) is 0 Å². The van der Waals surface area contributed by atoms with Gasteiger partial charge in [-0.25, -0.2) is 0 Å². The molecule has 3 N–H and O–H groups in total. The molecular formula is C13H17ClN4O. The van der Waals surface area contributed by atoms with Gasteiger partial charge in [-0.3, -0.25) is 0 Å². The molecule has 102 valence electrons. The quantitative estimate of drug-likeness (QED) is 0.880. The van der Waals surface area contributed by atoms with E-state index in [9.17, 15) is 0 Å². The van der Waals surface area contributed by atoms with Gasteiger partial charge in [-0.05, 0) is 38.0 Å². The molecule has 0 fully saturated rings. The molecule has 0 saturated heterocycles. The van der Waals surface area contributed by atoms with Gasteiger partial charge in [-0.1, -0.05) is 28.8 Å². The lowest BCUT2D eigenvalue weighted by Crippen LogP contribution is -2.29. The molecule has 0 aliphatic rings.